The quantitative estimate of drug-likeness (QED) is 0.849. The molecule has 0 saturated carbocycles. The molecule has 1 unspecified atom stereocenters. The number of likely N-dealkylation sites (N-methyl/N-ethyl adjacent to an activating group) is 2. The average molecular weight is 284 g/mol. The zero-order valence-corrected chi connectivity index (χ0v) is 11.4. The highest BCUT2D eigenvalue weighted by molar-refractivity contribution is 9.10. The second-order valence-electron chi connectivity index (χ2n) is 4.47. The number of anilines is 1. The van der Waals surface area contributed by atoms with Gasteiger partial charge < -0.3 is 9.80 Å². The van der Waals surface area contributed by atoms with Crippen molar-refractivity contribution >= 4 is 21.7 Å². The normalized spacial score (nSPS) is 21.3. The molecule has 1 saturated heterocycles. The molecule has 0 aromatic carbocycles. The van der Waals surface area contributed by atoms with Gasteiger partial charge >= 0.3 is 0 Å². The van der Waals surface area contributed by atoms with E-state index in [-0.39, 0.29) is 0 Å². The average Bonchev–Trinajstić information content (AvgIpc) is 2.65. The van der Waals surface area contributed by atoms with Crippen LogP contribution in [0.1, 0.15) is 12.8 Å². The molecule has 2 heterocycles. The van der Waals surface area contributed by atoms with Crippen LogP contribution in [-0.4, -0.2) is 43.1 Å². The van der Waals surface area contributed by atoms with Crippen LogP contribution in [0, 0.1) is 0 Å². The van der Waals surface area contributed by atoms with Crippen LogP contribution in [0.3, 0.4) is 0 Å². The molecule has 0 aliphatic carbocycles. The maximum absolute atomic E-state index is 4.41. The summed E-state index contributed by atoms with van der Waals surface area (Å²) in [5, 5.41) is 0. The van der Waals surface area contributed by atoms with Gasteiger partial charge in [0.2, 0.25) is 0 Å². The van der Waals surface area contributed by atoms with Gasteiger partial charge in [-0.25, -0.2) is 4.98 Å². The summed E-state index contributed by atoms with van der Waals surface area (Å²) in [7, 11) is 4.32. The highest BCUT2D eigenvalue weighted by Gasteiger charge is 2.22. The Morgan fingerprint density at radius 2 is 2.44 bits per heavy atom. The minimum Gasteiger partial charge on any atom is -0.357 e. The van der Waals surface area contributed by atoms with Crippen LogP contribution in [0.15, 0.2) is 22.8 Å². The molecule has 1 aliphatic rings. The number of aromatic nitrogens is 1. The first-order valence-electron chi connectivity index (χ1n) is 5.70. The van der Waals surface area contributed by atoms with E-state index in [1.54, 1.807) is 0 Å². The summed E-state index contributed by atoms with van der Waals surface area (Å²) in [5.74, 6) is 1.03. The molecule has 0 bridgehead atoms. The second kappa shape index (κ2) is 5.15. The summed E-state index contributed by atoms with van der Waals surface area (Å²) in [4.78, 5) is 9.08. The first-order chi connectivity index (χ1) is 7.68. The summed E-state index contributed by atoms with van der Waals surface area (Å²) < 4.78 is 1.07. The van der Waals surface area contributed by atoms with Crippen molar-refractivity contribution in [3.8, 4) is 0 Å². The number of pyridine rings is 1. The summed E-state index contributed by atoms with van der Waals surface area (Å²) in [5.41, 5.74) is 0. The lowest BCUT2D eigenvalue weighted by Crippen LogP contribution is -2.37. The summed E-state index contributed by atoms with van der Waals surface area (Å²) >= 11 is 3.54. The predicted octanol–water partition coefficient (Wildman–Crippen LogP) is 2.37. The van der Waals surface area contributed by atoms with E-state index in [1.165, 1.54) is 19.4 Å². The molecular weight excluding hydrogens is 266 g/mol. The molecule has 3 nitrogen and oxygen atoms in total. The number of hydrogen-bond acceptors (Lipinski definition) is 3. The Morgan fingerprint density at radius 1 is 1.62 bits per heavy atom. The molecular formula is C12H18BrN3. The van der Waals surface area contributed by atoms with E-state index in [1.807, 2.05) is 18.3 Å². The largest absolute Gasteiger partial charge is 0.357 e. The van der Waals surface area contributed by atoms with Crippen molar-refractivity contribution in [1.82, 2.24) is 9.88 Å². The van der Waals surface area contributed by atoms with Crippen LogP contribution in [-0.2, 0) is 0 Å². The van der Waals surface area contributed by atoms with Crippen molar-refractivity contribution in [2.75, 3.05) is 32.1 Å². The van der Waals surface area contributed by atoms with Crippen LogP contribution in [0.4, 0.5) is 5.82 Å². The van der Waals surface area contributed by atoms with Crippen LogP contribution in [0.25, 0.3) is 0 Å². The van der Waals surface area contributed by atoms with Crippen LogP contribution < -0.4 is 4.90 Å². The standard InChI is InChI=1S/C12H18BrN3/c1-15-8-4-5-10(15)9-16(2)12-11(13)6-3-7-14-12/h3,6-7,10H,4-5,8-9H2,1-2H3. The van der Waals surface area contributed by atoms with Crippen molar-refractivity contribution in [1.29, 1.82) is 0 Å². The van der Waals surface area contributed by atoms with E-state index in [0.29, 0.717) is 6.04 Å². The third-order valence-corrected chi connectivity index (χ3v) is 3.88. The fourth-order valence-electron chi connectivity index (χ4n) is 2.27. The van der Waals surface area contributed by atoms with Gasteiger partial charge in [0, 0.05) is 25.8 Å². The van der Waals surface area contributed by atoms with Gasteiger partial charge in [-0.05, 0) is 54.5 Å². The number of rotatable bonds is 3. The Bertz CT molecular complexity index is 356. The Hall–Kier alpha value is -0.610. The van der Waals surface area contributed by atoms with Crippen LogP contribution in [0.5, 0.6) is 0 Å². The van der Waals surface area contributed by atoms with Crippen LogP contribution >= 0.6 is 15.9 Å². The minimum atomic E-state index is 0.666. The second-order valence-corrected chi connectivity index (χ2v) is 5.32. The number of likely N-dealkylation sites (tertiary alicyclic amines) is 1. The molecule has 1 aromatic rings. The highest BCUT2D eigenvalue weighted by atomic mass is 79.9. The molecule has 16 heavy (non-hydrogen) atoms. The Morgan fingerprint density at radius 3 is 3.06 bits per heavy atom. The first-order valence-corrected chi connectivity index (χ1v) is 6.49. The van der Waals surface area contributed by atoms with Gasteiger partial charge in [-0.3, -0.25) is 0 Å². The Labute approximate surface area is 106 Å². The fourth-order valence-corrected chi connectivity index (χ4v) is 2.83. The van der Waals surface area contributed by atoms with E-state index in [0.717, 1.165) is 16.8 Å². The molecule has 1 fully saturated rings. The molecule has 0 radical (unpaired) electrons. The number of nitrogens with zero attached hydrogens (tertiary/aromatic N) is 3. The maximum atomic E-state index is 4.41. The Balaban J connectivity index is 2.03. The lowest BCUT2D eigenvalue weighted by atomic mass is 10.2. The number of halogens is 1. The van der Waals surface area contributed by atoms with Gasteiger partial charge in [-0.1, -0.05) is 0 Å². The van der Waals surface area contributed by atoms with E-state index in [9.17, 15) is 0 Å². The van der Waals surface area contributed by atoms with E-state index < -0.39 is 0 Å². The molecule has 0 spiro atoms. The molecule has 2 rings (SSSR count). The smallest absolute Gasteiger partial charge is 0.142 e. The Kier molecular flexibility index (Phi) is 3.82. The molecule has 1 aliphatic heterocycles. The zero-order chi connectivity index (χ0) is 11.5. The fraction of sp³-hybridized carbons (Fsp3) is 0.583. The van der Waals surface area contributed by atoms with Crippen molar-refractivity contribution in [2.45, 2.75) is 18.9 Å². The van der Waals surface area contributed by atoms with E-state index in [2.05, 4.69) is 44.8 Å². The predicted molar refractivity (Wildman–Crippen MR) is 70.9 cm³/mol. The molecule has 1 atom stereocenters. The van der Waals surface area contributed by atoms with Crippen molar-refractivity contribution in [3.63, 3.8) is 0 Å². The van der Waals surface area contributed by atoms with Crippen molar-refractivity contribution < 1.29 is 0 Å². The van der Waals surface area contributed by atoms with Gasteiger partial charge in [0.15, 0.2) is 0 Å². The van der Waals surface area contributed by atoms with E-state index >= 15 is 0 Å². The van der Waals surface area contributed by atoms with Gasteiger partial charge in [0.05, 0.1) is 4.47 Å². The van der Waals surface area contributed by atoms with Gasteiger partial charge in [0.1, 0.15) is 5.82 Å². The molecule has 0 amide bonds. The van der Waals surface area contributed by atoms with Gasteiger partial charge in [-0.2, -0.15) is 0 Å². The minimum absolute atomic E-state index is 0.666. The SMILES string of the molecule is CN(CC1CCCN1C)c1ncccc1Br. The summed E-state index contributed by atoms with van der Waals surface area (Å²) in [6.45, 7) is 2.27. The van der Waals surface area contributed by atoms with Crippen molar-refractivity contribution in [2.24, 2.45) is 0 Å². The summed E-state index contributed by atoms with van der Waals surface area (Å²) in [6.07, 6.45) is 4.46. The third kappa shape index (κ3) is 2.55. The summed E-state index contributed by atoms with van der Waals surface area (Å²) in [6, 6.07) is 4.65. The molecule has 1 aromatic heterocycles. The maximum Gasteiger partial charge on any atom is 0.142 e. The first kappa shape index (κ1) is 11.9. The van der Waals surface area contributed by atoms with Gasteiger partial charge in [0.25, 0.3) is 0 Å². The molecule has 4 heteroatoms. The topological polar surface area (TPSA) is 19.4 Å². The molecule has 0 N–H and O–H groups in total. The monoisotopic (exact) mass is 283 g/mol. The van der Waals surface area contributed by atoms with Crippen LogP contribution in [0.2, 0.25) is 0 Å². The van der Waals surface area contributed by atoms with Gasteiger partial charge in [-0.15, -0.1) is 0 Å². The highest BCUT2D eigenvalue weighted by Crippen LogP contribution is 2.24. The van der Waals surface area contributed by atoms with E-state index in [4.69, 9.17) is 0 Å². The number of hydrogen-bond donors (Lipinski definition) is 0. The lowest BCUT2D eigenvalue weighted by Gasteiger charge is -2.27. The zero-order valence-electron chi connectivity index (χ0n) is 9.86. The lowest BCUT2D eigenvalue weighted by molar-refractivity contribution is 0.314. The third-order valence-electron chi connectivity index (χ3n) is 3.26. The van der Waals surface area contributed by atoms with Crippen molar-refractivity contribution in [3.05, 3.63) is 22.8 Å². The molecule has 88 valence electrons.